The molecule has 0 bridgehead atoms. The van der Waals surface area contributed by atoms with E-state index < -0.39 is 0 Å². The van der Waals surface area contributed by atoms with E-state index in [-0.39, 0.29) is 11.9 Å². The third-order valence-corrected chi connectivity index (χ3v) is 5.41. The van der Waals surface area contributed by atoms with Crippen molar-refractivity contribution in [3.8, 4) is 11.8 Å². The molecule has 0 atom stereocenters. The van der Waals surface area contributed by atoms with Gasteiger partial charge in [-0.2, -0.15) is 0 Å². The molecule has 1 N–H and O–H groups in total. The molecule has 4 rings (SSSR count). The lowest BCUT2D eigenvalue weighted by molar-refractivity contribution is 0.102. The normalized spacial score (nSPS) is 14.9. The highest BCUT2D eigenvalue weighted by atomic mass is 16.5. The Morgan fingerprint density at radius 1 is 1.03 bits per heavy atom. The first-order valence-electron chi connectivity index (χ1n) is 10.4. The topological polar surface area (TPSA) is 70.6 Å². The molecule has 0 saturated carbocycles. The minimum atomic E-state index is -0.156. The molecule has 1 aliphatic heterocycles. The zero-order chi connectivity index (χ0) is 21.6. The molecule has 1 amide bonds. The van der Waals surface area contributed by atoms with Crippen LogP contribution in [0.25, 0.3) is 0 Å². The lowest BCUT2D eigenvalue weighted by atomic mass is 10.1. The van der Waals surface area contributed by atoms with Gasteiger partial charge in [0.05, 0.1) is 0 Å². The molecule has 2 aromatic carbocycles. The Morgan fingerprint density at radius 2 is 1.74 bits per heavy atom. The quantitative estimate of drug-likeness (QED) is 0.661. The van der Waals surface area contributed by atoms with E-state index >= 15 is 0 Å². The van der Waals surface area contributed by atoms with Crippen LogP contribution in [0, 0.1) is 6.92 Å². The third kappa shape index (κ3) is 5.65. The maximum absolute atomic E-state index is 12.7. The van der Waals surface area contributed by atoms with Crippen LogP contribution in [0.2, 0.25) is 0 Å². The molecule has 1 fully saturated rings. The number of amides is 1. The van der Waals surface area contributed by atoms with E-state index in [0.717, 1.165) is 38.3 Å². The standard InChI is InChI=1S/C24H27N5O2/c1-18-4-9-21(16-22(18)31-24-25-10-3-11-26-24)27-23(30)20-7-5-19(6-8-20)17-29-14-12-28(2)13-15-29/h3-11,16H,12-15,17H2,1-2H3,(H,27,30). The van der Waals surface area contributed by atoms with E-state index in [2.05, 4.69) is 32.1 Å². The second kappa shape index (κ2) is 9.68. The summed E-state index contributed by atoms with van der Waals surface area (Å²) < 4.78 is 5.75. The molecule has 31 heavy (non-hydrogen) atoms. The van der Waals surface area contributed by atoms with Gasteiger partial charge >= 0.3 is 6.01 Å². The predicted molar refractivity (Wildman–Crippen MR) is 120 cm³/mol. The largest absolute Gasteiger partial charge is 0.424 e. The number of benzene rings is 2. The molecular weight excluding hydrogens is 390 g/mol. The summed E-state index contributed by atoms with van der Waals surface area (Å²) in [5.74, 6) is 0.448. The van der Waals surface area contributed by atoms with Crippen LogP contribution in [0.15, 0.2) is 60.9 Å². The third-order valence-electron chi connectivity index (χ3n) is 5.41. The van der Waals surface area contributed by atoms with Gasteiger partial charge < -0.3 is 15.0 Å². The van der Waals surface area contributed by atoms with Crippen molar-refractivity contribution in [2.24, 2.45) is 0 Å². The Bertz CT molecular complexity index is 1020. The van der Waals surface area contributed by atoms with E-state index in [0.29, 0.717) is 17.0 Å². The van der Waals surface area contributed by atoms with Crippen molar-refractivity contribution in [1.29, 1.82) is 0 Å². The van der Waals surface area contributed by atoms with E-state index in [1.807, 2.05) is 43.3 Å². The fraction of sp³-hybridized carbons (Fsp3) is 0.292. The summed E-state index contributed by atoms with van der Waals surface area (Å²) >= 11 is 0. The van der Waals surface area contributed by atoms with Gasteiger partial charge in [-0.3, -0.25) is 9.69 Å². The number of aryl methyl sites for hydroxylation is 1. The minimum Gasteiger partial charge on any atom is -0.424 e. The smallest absolute Gasteiger partial charge is 0.321 e. The Kier molecular flexibility index (Phi) is 6.54. The highest BCUT2D eigenvalue weighted by molar-refractivity contribution is 6.04. The summed E-state index contributed by atoms with van der Waals surface area (Å²) in [6.07, 6.45) is 3.24. The van der Waals surface area contributed by atoms with Crippen molar-refractivity contribution >= 4 is 11.6 Å². The fourth-order valence-electron chi connectivity index (χ4n) is 3.45. The average molecular weight is 418 g/mol. The molecule has 1 aliphatic rings. The average Bonchev–Trinajstić information content (AvgIpc) is 2.79. The zero-order valence-corrected chi connectivity index (χ0v) is 17.9. The summed E-state index contributed by atoms with van der Waals surface area (Å²) in [5, 5.41) is 2.94. The first-order chi connectivity index (χ1) is 15.1. The van der Waals surface area contributed by atoms with Crippen molar-refractivity contribution in [3.63, 3.8) is 0 Å². The highest BCUT2D eigenvalue weighted by Gasteiger charge is 2.14. The molecule has 7 heteroatoms. The predicted octanol–water partition coefficient (Wildman–Crippen LogP) is 3.58. The molecule has 0 unspecified atom stereocenters. The number of nitrogens with zero attached hydrogens (tertiary/aromatic N) is 4. The van der Waals surface area contributed by atoms with Gasteiger partial charge in [0.2, 0.25) is 0 Å². The molecule has 0 radical (unpaired) electrons. The van der Waals surface area contributed by atoms with E-state index in [4.69, 9.17) is 4.74 Å². The lowest BCUT2D eigenvalue weighted by Gasteiger charge is -2.32. The molecule has 160 valence electrons. The first kappa shape index (κ1) is 21.0. The van der Waals surface area contributed by atoms with E-state index in [9.17, 15) is 4.79 Å². The maximum Gasteiger partial charge on any atom is 0.321 e. The molecule has 7 nitrogen and oxygen atoms in total. The number of ether oxygens (including phenoxy) is 1. The summed E-state index contributed by atoms with van der Waals surface area (Å²) in [4.78, 5) is 25.7. The fourth-order valence-corrected chi connectivity index (χ4v) is 3.45. The number of nitrogens with one attached hydrogen (secondary N) is 1. The number of carbonyl (C=O) groups excluding carboxylic acids is 1. The molecule has 1 saturated heterocycles. The Labute approximate surface area is 182 Å². The highest BCUT2D eigenvalue weighted by Crippen LogP contribution is 2.26. The number of hydrogen-bond donors (Lipinski definition) is 1. The number of rotatable bonds is 6. The Hall–Kier alpha value is -3.29. The van der Waals surface area contributed by atoms with E-state index in [1.165, 1.54) is 5.56 Å². The van der Waals surface area contributed by atoms with Crippen LogP contribution in [-0.2, 0) is 6.54 Å². The van der Waals surface area contributed by atoms with Crippen molar-refractivity contribution in [1.82, 2.24) is 19.8 Å². The SMILES string of the molecule is Cc1ccc(NC(=O)c2ccc(CN3CCN(C)CC3)cc2)cc1Oc1ncccn1. The monoisotopic (exact) mass is 417 g/mol. The summed E-state index contributed by atoms with van der Waals surface area (Å²) in [6.45, 7) is 7.19. The molecule has 0 spiro atoms. The van der Waals surface area contributed by atoms with Gasteiger partial charge in [-0.1, -0.05) is 18.2 Å². The summed E-state index contributed by atoms with van der Waals surface area (Å²) in [6, 6.07) is 15.4. The van der Waals surface area contributed by atoms with Gasteiger partial charge in [-0.15, -0.1) is 0 Å². The number of carbonyl (C=O) groups is 1. The summed E-state index contributed by atoms with van der Waals surface area (Å²) in [5.41, 5.74) is 3.42. The first-order valence-corrected chi connectivity index (χ1v) is 10.4. The molecular formula is C24H27N5O2. The molecule has 2 heterocycles. The van der Waals surface area contributed by atoms with Gasteiger partial charge in [-0.25, -0.2) is 9.97 Å². The Morgan fingerprint density at radius 3 is 2.45 bits per heavy atom. The van der Waals surface area contributed by atoms with Crippen LogP contribution in [0.3, 0.4) is 0 Å². The number of anilines is 1. The number of likely N-dealkylation sites (N-methyl/N-ethyl adjacent to an activating group) is 1. The van der Waals surface area contributed by atoms with Crippen LogP contribution in [0.1, 0.15) is 21.5 Å². The van der Waals surface area contributed by atoms with Crippen molar-refractivity contribution in [2.45, 2.75) is 13.5 Å². The van der Waals surface area contributed by atoms with Gasteiger partial charge in [-0.05, 0) is 49.4 Å². The van der Waals surface area contributed by atoms with Crippen LogP contribution in [-0.4, -0.2) is 58.9 Å². The Balaban J connectivity index is 1.38. The van der Waals surface area contributed by atoms with Gasteiger partial charge in [0.25, 0.3) is 5.91 Å². The van der Waals surface area contributed by atoms with Crippen LogP contribution in [0.5, 0.6) is 11.8 Å². The van der Waals surface area contributed by atoms with Gasteiger partial charge in [0, 0.05) is 62.4 Å². The summed E-state index contributed by atoms with van der Waals surface area (Å²) in [7, 11) is 2.16. The van der Waals surface area contributed by atoms with E-state index in [1.54, 1.807) is 24.5 Å². The second-order valence-electron chi connectivity index (χ2n) is 7.84. The molecule has 3 aromatic rings. The second-order valence-corrected chi connectivity index (χ2v) is 7.84. The van der Waals surface area contributed by atoms with Crippen LogP contribution in [0.4, 0.5) is 5.69 Å². The number of hydrogen-bond acceptors (Lipinski definition) is 6. The van der Waals surface area contributed by atoms with Crippen molar-refractivity contribution in [2.75, 3.05) is 38.5 Å². The van der Waals surface area contributed by atoms with Gasteiger partial charge in [0.15, 0.2) is 0 Å². The zero-order valence-electron chi connectivity index (χ0n) is 17.9. The molecule has 0 aliphatic carbocycles. The van der Waals surface area contributed by atoms with Crippen molar-refractivity contribution in [3.05, 3.63) is 77.6 Å². The van der Waals surface area contributed by atoms with Gasteiger partial charge in [0.1, 0.15) is 5.75 Å². The number of piperazine rings is 1. The minimum absolute atomic E-state index is 0.156. The maximum atomic E-state index is 12.7. The lowest BCUT2D eigenvalue weighted by Crippen LogP contribution is -2.43. The van der Waals surface area contributed by atoms with Crippen LogP contribution < -0.4 is 10.1 Å². The van der Waals surface area contributed by atoms with Crippen molar-refractivity contribution < 1.29 is 9.53 Å². The number of aromatic nitrogens is 2. The molecule has 1 aromatic heterocycles. The van der Waals surface area contributed by atoms with Crippen LogP contribution >= 0.6 is 0 Å².